The van der Waals surface area contributed by atoms with Gasteiger partial charge in [-0.3, -0.25) is 0 Å². The molecule has 1 aromatic rings. The normalized spacial score (nSPS) is 20.9. The first-order valence-corrected chi connectivity index (χ1v) is 5.03. The van der Waals surface area contributed by atoms with E-state index < -0.39 is 5.56 Å². The van der Waals surface area contributed by atoms with E-state index in [4.69, 9.17) is 0 Å². The van der Waals surface area contributed by atoms with E-state index in [9.17, 15) is 5.11 Å². The molecule has 1 aromatic heterocycles. The maximum absolute atomic E-state index is 9.70. The predicted octanol–water partition coefficient (Wildman–Crippen LogP) is 1.07. The van der Waals surface area contributed by atoms with Gasteiger partial charge in [0, 0.05) is 6.04 Å². The Labute approximate surface area is 81.0 Å². The van der Waals surface area contributed by atoms with E-state index in [1.54, 1.807) is 6.20 Å². The Hall–Kier alpha value is -0.810. The third-order valence-corrected chi connectivity index (χ3v) is 2.95. The van der Waals surface area contributed by atoms with Crippen LogP contribution in [-0.2, 0) is 0 Å². The second-order valence-electron chi connectivity index (χ2n) is 3.16. The van der Waals surface area contributed by atoms with Gasteiger partial charge in [-0.05, 0) is 19.9 Å². The molecule has 1 aliphatic rings. The number of aliphatic hydroxyl groups excluding tert-OH is 1. The molecule has 0 saturated heterocycles. The van der Waals surface area contributed by atoms with Gasteiger partial charge in [-0.1, -0.05) is 11.8 Å². The van der Waals surface area contributed by atoms with E-state index in [1.165, 1.54) is 11.8 Å². The summed E-state index contributed by atoms with van der Waals surface area (Å²) in [5.74, 6) is 0.787. The summed E-state index contributed by atoms with van der Waals surface area (Å²) in [4.78, 5) is 2.85. The minimum atomic E-state index is -0.522. The highest BCUT2D eigenvalue weighted by Crippen LogP contribution is 2.40. The van der Waals surface area contributed by atoms with Crippen LogP contribution >= 0.6 is 11.8 Å². The van der Waals surface area contributed by atoms with Crippen LogP contribution in [0.15, 0.2) is 17.2 Å². The number of anilines is 1. The van der Waals surface area contributed by atoms with E-state index in [1.807, 2.05) is 24.8 Å². The minimum absolute atomic E-state index is 0.237. The topological polar surface area (TPSA) is 49.2 Å². The molecule has 4 nitrogen and oxygen atoms in total. The Kier molecular flexibility index (Phi) is 2.13. The van der Waals surface area contributed by atoms with Crippen molar-refractivity contribution in [2.45, 2.75) is 30.3 Å². The van der Waals surface area contributed by atoms with Gasteiger partial charge in [-0.15, -0.1) is 5.10 Å². The fraction of sp³-hybridized carbons (Fsp3) is 0.500. The van der Waals surface area contributed by atoms with Crippen molar-refractivity contribution in [2.24, 2.45) is 0 Å². The van der Waals surface area contributed by atoms with Crippen molar-refractivity contribution in [1.82, 2.24) is 10.2 Å². The van der Waals surface area contributed by atoms with Crippen molar-refractivity contribution in [3.05, 3.63) is 12.3 Å². The quantitative estimate of drug-likeness (QED) is 0.730. The SMILES string of the molecule is CC(C)N1c2nnccc2SC1O. The fourth-order valence-electron chi connectivity index (χ4n) is 1.36. The van der Waals surface area contributed by atoms with Gasteiger partial charge < -0.3 is 10.0 Å². The molecule has 0 bridgehead atoms. The molecule has 0 fully saturated rings. The lowest BCUT2D eigenvalue weighted by atomic mass is 10.3. The Morgan fingerprint density at radius 3 is 3.08 bits per heavy atom. The maximum atomic E-state index is 9.70. The van der Waals surface area contributed by atoms with Crippen LogP contribution in [0.3, 0.4) is 0 Å². The van der Waals surface area contributed by atoms with Gasteiger partial charge in [-0.2, -0.15) is 5.10 Å². The van der Waals surface area contributed by atoms with Crippen molar-refractivity contribution in [3.63, 3.8) is 0 Å². The van der Waals surface area contributed by atoms with Crippen LogP contribution in [0.2, 0.25) is 0 Å². The van der Waals surface area contributed by atoms with E-state index in [2.05, 4.69) is 10.2 Å². The number of hydrogen-bond acceptors (Lipinski definition) is 5. The lowest BCUT2D eigenvalue weighted by Crippen LogP contribution is -2.35. The maximum Gasteiger partial charge on any atom is 0.182 e. The van der Waals surface area contributed by atoms with E-state index in [-0.39, 0.29) is 6.04 Å². The Bertz CT molecular complexity index is 318. The monoisotopic (exact) mass is 197 g/mol. The Morgan fingerprint density at radius 1 is 1.62 bits per heavy atom. The van der Waals surface area contributed by atoms with Crippen LogP contribution in [0, 0.1) is 0 Å². The third-order valence-electron chi connectivity index (χ3n) is 1.94. The molecule has 1 aliphatic heterocycles. The molecule has 13 heavy (non-hydrogen) atoms. The van der Waals surface area contributed by atoms with E-state index in [0.29, 0.717) is 0 Å². The van der Waals surface area contributed by atoms with Gasteiger partial charge >= 0.3 is 0 Å². The number of aromatic nitrogens is 2. The minimum Gasteiger partial charge on any atom is -0.364 e. The van der Waals surface area contributed by atoms with Crippen LogP contribution in [0.25, 0.3) is 0 Å². The average molecular weight is 197 g/mol. The van der Waals surface area contributed by atoms with Gasteiger partial charge in [-0.25, -0.2) is 0 Å². The fourth-order valence-corrected chi connectivity index (χ4v) is 2.43. The molecule has 70 valence electrons. The van der Waals surface area contributed by atoms with Gasteiger partial charge in [0.15, 0.2) is 11.4 Å². The van der Waals surface area contributed by atoms with Crippen LogP contribution < -0.4 is 4.90 Å². The predicted molar refractivity (Wildman–Crippen MR) is 51.5 cm³/mol. The van der Waals surface area contributed by atoms with Crippen LogP contribution in [0.4, 0.5) is 5.82 Å². The van der Waals surface area contributed by atoms with Crippen molar-refractivity contribution in [3.8, 4) is 0 Å². The van der Waals surface area contributed by atoms with Crippen molar-refractivity contribution in [1.29, 1.82) is 0 Å². The zero-order valence-electron chi connectivity index (χ0n) is 7.51. The molecule has 2 heterocycles. The highest BCUT2D eigenvalue weighted by Gasteiger charge is 2.31. The number of thioether (sulfide) groups is 1. The zero-order valence-corrected chi connectivity index (χ0v) is 8.32. The van der Waals surface area contributed by atoms with Gasteiger partial charge in [0.25, 0.3) is 0 Å². The van der Waals surface area contributed by atoms with Gasteiger partial charge in [0.1, 0.15) is 0 Å². The summed E-state index contributed by atoms with van der Waals surface area (Å²) >= 11 is 1.41. The first-order chi connectivity index (χ1) is 6.20. The number of hydrogen-bond donors (Lipinski definition) is 1. The molecular weight excluding hydrogens is 186 g/mol. The van der Waals surface area contributed by atoms with Crippen LogP contribution in [0.5, 0.6) is 0 Å². The van der Waals surface area contributed by atoms with Crippen molar-refractivity contribution >= 4 is 17.6 Å². The van der Waals surface area contributed by atoms with Crippen molar-refractivity contribution < 1.29 is 5.11 Å². The van der Waals surface area contributed by atoms with Crippen molar-refractivity contribution in [2.75, 3.05) is 4.90 Å². The number of nitrogens with zero attached hydrogens (tertiary/aromatic N) is 3. The second-order valence-corrected chi connectivity index (χ2v) is 4.26. The molecular formula is C8H11N3OS. The standard InChI is InChI=1S/C8H11N3OS/c1-5(2)11-7-6(13-8(11)12)3-4-9-10-7/h3-5,8,12H,1-2H3. The molecule has 0 amide bonds. The lowest BCUT2D eigenvalue weighted by molar-refractivity contribution is 0.249. The first kappa shape index (κ1) is 8.77. The largest absolute Gasteiger partial charge is 0.364 e. The molecule has 0 radical (unpaired) electrons. The molecule has 2 rings (SSSR count). The summed E-state index contributed by atoms with van der Waals surface area (Å²) in [5, 5.41) is 17.5. The lowest BCUT2D eigenvalue weighted by Gasteiger charge is -2.25. The second kappa shape index (κ2) is 3.16. The third kappa shape index (κ3) is 1.38. The number of fused-ring (bicyclic) bond motifs is 1. The molecule has 1 unspecified atom stereocenters. The average Bonchev–Trinajstić information content (AvgIpc) is 2.39. The number of aliphatic hydroxyl groups is 1. The highest BCUT2D eigenvalue weighted by atomic mass is 32.2. The molecule has 1 N–H and O–H groups in total. The van der Waals surface area contributed by atoms with E-state index in [0.717, 1.165) is 10.7 Å². The zero-order chi connectivity index (χ0) is 9.42. The van der Waals surface area contributed by atoms with Crippen LogP contribution in [0.1, 0.15) is 13.8 Å². The molecule has 0 saturated carbocycles. The summed E-state index contributed by atoms with van der Waals surface area (Å²) < 4.78 is 0. The molecule has 0 spiro atoms. The number of rotatable bonds is 1. The Morgan fingerprint density at radius 2 is 2.38 bits per heavy atom. The highest BCUT2D eigenvalue weighted by molar-refractivity contribution is 8.00. The summed E-state index contributed by atoms with van der Waals surface area (Å²) in [5.41, 5.74) is -0.522. The first-order valence-electron chi connectivity index (χ1n) is 4.15. The molecule has 0 aromatic carbocycles. The molecule has 0 aliphatic carbocycles. The smallest absolute Gasteiger partial charge is 0.182 e. The van der Waals surface area contributed by atoms with Crippen LogP contribution in [-0.4, -0.2) is 26.9 Å². The summed E-state index contributed by atoms with van der Waals surface area (Å²) in [7, 11) is 0. The molecule has 1 atom stereocenters. The summed E-state index contributed by atoms with van der Waals surface area (Å²) in [6.07, 6.45) is 1.64. The Balaban J connectivity index is 2.40. The summed E-state index contributed by atoms with van der Waals surface area (Å²) in [6.45, 7) is 4.04. The van der Waals surface area contributed by atoms with E-state index >= 15 is 0 Å². The summed E-state index contributed by atoms with van der Waals surface area (Å²) in [6, 6.07) is 2.11. The molecule has 5 heteroatoms. The van der Waals surface area contributed by atoms with Gasteiger partial charge in [0.2, 0.25) is 0 Å². The van der Waals surface area contributed by atoms with Gasteiger partial charge in [0.05, 0.1) is 11.1 Å².